The van der Waals surface area contributed by atoms with Gasteiger partial charge in [-0.1, -0.05) is 6.07 Å². The van der Waals surface area contributed by atoms with E-state index >= 15 is 0 Å². The number of alkyl halides is 3. The number of aromatic nitrogens is 1. The maximum Gasteiger partial charge on any atom is 0.405 e. The second kappa shape index (κ2) is 12.8. The van der Waals surface area contributed by atoms with Gasteiger partial charge >= 0.3 is 6.18 Å². The lowest BCUT2D eigenvalue weighted by atomic mass is 10.1. The summed E-state index contributed by atoms with van der Waals surface area (Å²) in [5.74, 6) is -0.674. The van der Waals surface area contributed by atoms with Gasteiger partial charge < -0.3 is 10.6 Å². The molecule has 0 aliphatic carbocycles. The highest BCUT2D eigenvalue weighted by Crippen LogP contribution is 2.31. The summed E-state index contributed by atoms with van der Waals surface area (Å²) >= 11 is 3.39. The van der Waals surface area contributed by atoms with Crippen LogP contribution in [0.1, 0.15) is 29.7 Å². The number of halogens is 3. The van der Waals surface area contributed by atoms with Gasteiger partial charge in [-0.15, -0.1) is 22.7 Å². The molecule has 1 saturated heterocycles. The van der Waals surface area contributed by atoms with Crippen LogP contribution >= 0.6 is 22.7 Å². The molecule has 2 N–H and O–H groups in total. The Kier molecular flexibility index (Phi) is 9.52. The number of unbranched alkanes of at least 4 members (excludes halogenated alkanes) is 1. The number of carbonyl (C=O) groups excluding carboxylic acids is 2. The molecule has 37 heavy (non-hydrogen) atoms. The van der Waals surface area contributed by atoms with Crippen LogP contribution in [0.2, 0.25) is 0 Å². The minimum atomic E-state index is -4.46. The molecule has 1 unspecified atom stereocenters. The average Bonchev–Trinajstić information content (AvgIpc) is 3.46. The van der Waals surface area contributed by atoms with E-state index in [9.17, 15) is 22.8 Å². The molecule has 4 rings (SSSR count). The molecule has 200 valence electrons. The molecular weight excluding hydrogens is 523 g/mol. The van der Waals surface area contributed by atoms with Crippen molar-refractivity contribution in [2.24, 2.45) is 0 Å². The maximum absolute atomic E-state index is 12.8. The van der Waals surface area contributed by atoms with E-state index in [0.29, 0.717) is 52.0 Å². The van der Waals surface area contributed by atoms with Crippen molar-refractivity contribution in [1.82, 2.24) is 25.4 Å². The highest BCUT2D eigenvalue weighted by molar-refractivity contribution is 7.26. The van der Waals surface area contributed by atoms with Crippen molar-refractivity contribution in [3.8, 4) is 0 Å². The molecule has 0 saturated carbocycles. The van der Waals surface area contributed by atoms with Crippen LogP contribution in [0.15, 0.2) is 42.0 Å². The lowest BCUT2D eigenvalue weighted by molar-refractivity contribution is -0.143. The molecule has 7 nitrogen and oxygen atoms in total. The standard InChI is InChI=1S/C25H30F3N5O2S2/c26-25(27,28)17-31-24(35)20-16-32(15-19-12-22-21(37-19)6-11-36-22)9-10-33(20)8-2-1-5-23(34)30-14-18-4-3-7-29-13-18/h3-4,6-7,11-13,20H,1-2,5,8-10,14-17H2,(H,30,34)(H,31,35). The highest BCUT2D eigenvalue weighted by atomic mass is 32.1. The smallest absolute Gasteiger partial charge is 0.352 e. The van der Waals surface area contributed by atoms with Gasteiger partial charge in [0.2, 0.25) is 11.8 Å². The predicted octanol–water partition coefficient (Wildman–Crippen LogP) is 4.01. The van der Waals surface area contributed by atoms with Crippen LogP contribution < -0.4 is 10.6 Å². The van der Waals surface area contributed by atoms with Crippen molar-refractivity contribution in [3.05, 3.63) is 52.5 Å². The number of hydrogen-bond acceptors (Lipinski definition) is 7. The summed E-state index contributed by atoms with van der Waals surface area (Å²) in [6, 6.07) is 7.26. The van der Waals surface area contributed by atoms with Crippen LogP contribution in [0.3, 0.4) is 0 Å². The summed E-state index contributed by atoms with van der Waals surface area (Å²) in [6.07, 6.45) is 0.561. The fourth-order valence-corrected chi connectivity index (χ4v) is 6.53. The lowest BCUT2D eigenvalue weighted by Crippen LogP contribution is -2.59. The largest absolute Gasteiger partial charge is 0.405 e. The molecule has 1 fully saturated rings. The van der Waals surface area contributed by atoms with Crippen LogP contribution in [0.4, 0.5) is 13.2 Å². The summed E-state index contributed by atoms with van der Waals surface area (Å²) in [5.41, 5.74) is 0.920. The van der Waals surface area contributed by atoms with Gasteiger partial charge in [0.25, 0.3) is 0 Å². The second-order valence-corrected chi connectivity index (χ2v) is 11.2. The number of piperazine rings is 1. The van der Waals surface area contributed by atoms with E-state index < -0.39 is 24.7 Å². The number of carbonyl (C=O) groups is 2. The first kappa shape index (κ1) is 27.5. The van der Waals surface area contributed by atoms with Crippen molar-refractivity contribution in [1.29, 1.82) is 0 Å². The number of hydrogen-bond donors (Lipinski definition) is 2. The summed E-state index contributed by atoms with van der Waals surface area (Å²) in [4.78, 5) is 34.2. The second-order valence-electron chi connectivity index (χ2n) is 9.08. The van der Waals surface area contributed by atoms with Gasteiger partial charge in [0, 0.05) is 65.8 Å². The third kappa shape index (κ3) is 8.49. The van der Waals surface area contributed by atoms with Gasteiger partial charge in [0.15, 0.2) is 0 Å². The Morgan fingerprint density at radius 3 is 2.76 bits per heavy atom. The molecule has 0 bridgehead atoms. The summed E-state index contributed by atoms with van der Waals surface area (Å²) < 4.78 is 40.6. The molecule has 0 radical (unpaired) electrons. The molecule has 4 heterocycles. The van der Waals surface area contributed by atoms with Crippen molar-refractivity contribution >= 4 is 43.9 Å². The lowest BCUT2D eigenvalue weighted by Gasteiger charge is -2.40. The van der Waals surface area contributed by atoms with E-state index in [-0.39, 0.29) is 5.91 Å². The Morgan fingerprint density at radius 1 is 1.14 bits per heavy atom. The van der Waals surface area contributed by atoms with Crippen LogP contribution in [-0.2, 0) is 22.7 Å². The van der Waals surface area contributed by atoms with E-state index in [2.05, 4.69) is 38.0 Å². The zero-order chi connectivity index (χ0) is 26.3. The Balaban J connectivity index is 1.27. The van der Waals surface area contributed by atoms with Crippen molar-refractivity contribution in [3.63, 3.8) is 0 Å². The minimum absolute atomic E-state index is 0.0657. The van der Waals surface area contributed by atoms with Crippen LogP contribution in [0, 0.1) is 0 Å². The van der Waals surface area contributed by atoms with Gasteiger partial charge in [-0.25, -0.2) is 0 Å². The molecular formula is C25H30F3N5O2S2. The molecule has 1 aliphatic rings. The first-order valence-electron chi connectivity index (χ1n) is 12.2. The number of pyridine rings is 1. The Bertz CT molecular complexity index is 1140. The summed E-state index contributed by atoms with van der Waals surface area (Å²) in [7, 11) is 0. The zero-order valence-corrected chi connectivity index (χ0v) is 21.9. The molecule has 3 aromatic rings. The van der Waals surface area contributed by atoms with E-state index in [4.69, 9.17) is 0 Å². The van der Waals surface area contributed by atoms with Crippen molar-refractivity contribution < 1.29 is 22.8 Å². The fraction of sp³-hybridized carbons (Fsp3) is 0.480. The Morgan fingerprint density at radius 2 is 2.00 bits per heavy atom. The zero-order valence-electron chi connectivity index (χ0n) is 20.3. The monoisotopic (exact) mass is 553 g/mol. The Labute approximate surface area is 221 Å². The summed E-state index contributed by atoms with van der Waals surface area (Å²) in [6.45, 7) is 1.95. The van der Waals surface area contributed by atoms with E-state index in [0.717, 1.165) is 12.1 Å². The molecule has 0 spiro atoms. The third-order valence-electron chi connectivity index (χ3n) is 6.22. The van der Waals surface area contributed by atoms with Crippen LogP contribution in [0.25, 0.3) is 9.40 Å². The fourth-order valence-electron chi connectivity index (χ4n) is 4.35. The summed E-state index contributed by atoms with van der Waals surface area (Å²) in [5, 5.41) is 6.98. The molecule has 3 aromatic heterocycles. The van der Waals surface area contributed by atoms with Crippen LogP contribution in [-0.4, -0.2) is 71.5 Å². The number of fused-ring (bicyclic) bond motifs is 1. The molecule has 2 amide bonds. The molecule has 12 heteroatoms. The number of nitrogens with one attached hydrogen (secondary N) is 2. The molecule has 0 aromatic carbocycles. The van der Waals surface area contributed by atoms with Gasteiger partial charge in [-0.2, -0.15) is 13.2 Å². The first-order chi connectivity index (χ1) is 17.8. The topological polar surface area (TPSA) is 77.6 Å². The average molecular weight is 554 g/mol. The number of nitrogens with zero attached hydrogens (tertiary/aromatic N) is 3. The molecule has 1 atom stereocenters. The predicted molar refractivity (Wildman–Crippen MR) is 139 cm³/mol. The SMILES string of the molecule is O=C(CCCCN1CCN(Cc2cc3sccc3s2)CC1C(=O)NCC(F)(F)F)NCc1cccnc1. The third-order valence-corrected chi connectivity index (χ3v) is 8.30. The minimum Gasteiger partial charge on any atom is -0.352 e. The van der Waals surface area contributed by atoms with Crippen molar-refractivity contribution in [2.75, 3.05) is 32.7 Å². The number of thiophene rings is 2. The van der Waals surface area contributed by atoms with Gasteiger partial charge in [-0.3, -0.25) is 24.4 Å². The van der Waals surface area contributed by atoms with E-state index in [1.807, 2.05) is 17.0 Å². The van der Waals surface area contributed by atoms with E-state index in [1.165, 1.54) is 14.3 Å². The Hall–Kier alpha value is -2.54. The number of amides is 2. The maximum atomic E-state index is 12.8. The number of rotatable bonds is 11. The van der Waals surface area contributed by atoms with Gasteiger partial charge in [0.1, 0.15) is 12.6 Å². The van der Waals surface area contributed by atoms with E-state index in [1.54, 1.807) is 35.1 Å². The first-order valence-corrected chi connectivity index (χ1v) is 13.9. The quantitative estimate of drug-likeness (QED) is 0.351. The van der Waals surface area contributed by atoms with Gasteiger partial charge in [0.05, 0.1) is 0 Å². The normalized spacial score (nSPS) is 17.2. The molecule has 1 aliphatic heterocycles. The highest BCUT2D eigenvalue weighted by Gasteiger charge is 2.35. The van der Waals surface area contributed by atoms with Crippen LogP contribution in [0.5, 0.6) is 0 Å². The van der Waals surface area contributed by atoms with Crippen molar-refractivity contribution in [2.45, 2.75) is 44.6 Å². The van der Waals surface area contributed by atoms with Gasteiger partial charge in [-0.05, 0) is 48.5 Å².